The molecule has 98 valence electrons. The summed E-state index contributed by atoms with van der Waals surface area (Å²) in [7, 11) is 0. The number of rotatable bonds is 3. The largest absolute Gasteiger partial charge is 0.334 e. The molecule has 0 fully saturated rings. The fraction of sp³-hybridized carbons (Fsp3) is 0.154. The first kappa shape index (κ1) is 13.5. The summed E-state index contributed by atoms with van der Waals surface area (Å²) in [6.07, 6.45) is 0. The highest BCUT2D eigenvalue weighted by molar-refractivity contribution is 9.10. The molecule has 0 radical (unpaired) electrons. The molecule has 0 saturated heterocycles. The van der Waals surface area contributed by atoms with Gasteiger partial charge in [0.05, 0.1) is 11.5 Å². The Balaban J connectivity index is 2.45. The second-order valence-corrected chi connectivity index (χ2v) is 5.05. The summed E-state index contributed by atoms with van der Waals surface area (Å²) in [5.74, 6) is 0. The molecule has 0 aliphatic carbocycles. The minimum Gasteiger partial charge on any atom is -0.303 e. The lowest BCUT2D eigenvalue weighted by molar-refractivity contribution is -0.386. The van der Waals surface area contributed by atoms with Gasteiger partial charge < -0.3 is 4.57 Å². The minimum atomic E-state index is -0.653. The smallest absolute Gasteiger partial charge is 0.303 e. The summed E-state index contributed by atoms with van der Waals surface area (Å²) in [6.45, 7) is 2.07. The van der Waals surface area contributed by atoms with E-state index in [4.69, 9.17) is 0 Å². The molecule has 2 rings (SSSR count). The molecule has 0 amide bonds. The quantitative estimate of drug-likeness (QED) is 0.644. The Labute approximate surface area is 117 Å². The third-order valence-electron chi connectivity index (χ3n) is 2.82. The molecule has 0 spiro atoms. The second-order valence-electron chi connectivity index (χ2n) is 4.13. The van der Waals surface area contributed by atoms with Gasteiger partial charge >= 0.3 is 11.2 Å². The van der Waals surface area contributed by atoms with Gasteiger partial charge in [0, 0.05) is 16.2 Å². The van der Waals surface area contributed by atoms with Gasteiger partial charge in [0.25, 0.3) is 0 Å². The predicted molar refractivity (Wildman–Crippen MR) is 75.3 cm³/mol. The minimum absolute atomic E-state index is 0.319. The van der Waals surface area contributed by atoms with Gasteiger partial charge in [-0.25, -0.2) is 0 Å². The molecule has 0 atom stereocenters. The topological polar surface area (TPSA) is 65.1 Å². The van der Waals surface area contributed by atoms with E-state index in [1.54, 1.807) is 13.0 Å². The number of hydrogen-bond acceptors (Lipinski definition) is 3. The maximum absolute atomic E-state index is 12.0. The zero-order chi connectivity index (χ0) is 14.0. The zero-order valence-corrected chi connectivity index (χ0v) is 11.8. The highest BCUT2D eigenvalue weighted by Gasteiger charge is 2.15. The molecule has 6 heteroatoms. The Morgan fingerprint density at radius 1 is 1.21 bits per heavy atom. The van der Waals surface area contributed by atoms with Crippen molar-refractivity contribution in [1.82, 2.24) is 4.57 Å². The Morgan fingerprint density at radius 2 is 1.84 bits per heavy atom. The maximum Gasteiger partial charge on any atom is 0.334 e. The van der Waals surface area contributed by atoms with Crippen LogP contribution >= 0.6 is 15.9 Å². The van der Waals surface area contributed by atoms with Crippen LogP contribution in [0.5, 0.6) is 0 Å². The van der Waals surface area contributed by atoms with Gasteiger partial charge in [-0.15, -0.1) is 0 Å². The number of benzene rings is 1. The van der Waals surface area contributed by atoms with Crippen LogP contribution in [0, 0.1) is 17.0 Å². The van der Waals surface area contributed by atoms with Crippen molar-refractivity contribution in [2.45, 2.75) is 13.5 Å². The molecule has 0 saturated carbocycles. The van der Waals surface area contributed by atoms with E-state index in [0.717, 1.165) is 10.0 Å². The van der Waals surface area contributed by atoms with Crippen LogP contribution < -0.4 is 5.56 Å². The number of nitrogens with zero attached hydrogens (tertiary/aromatic N) is 2. The highest BCUT2D eigenvalue weighted by Crippen LogP contribution is 2.13. The van der Waals surface area contributed by atoms with Gasteiger partial charge in [0.2, 0.25) is 0 Å². The van der Waals surface area contributed by atoms with Crippen LogP contribution in [-0.4, -0.2) is 9.49 Å². The van der Waals surface area contributed by atoms with Gasteiger partial charge in [-0.1, -0.05) is 28.1 Å². The molecule has 0 aliphatic heterocycles. The summed E-state index contributed by atoms with van der Waals surface area (Å²) in [6, 6.07) is 10.3. The number of nitro groups is 1. The van der Waals surface area contributed by atoms with E-state index >= 15 is 0 Å². The van der Waals surface area contributed by atoms with Crippen LogP contribution in [0.1, 0.15) is 11.3 Å². The van der Waals surface area contributed by atoms with Crippen molar-refractivity contribution >= 4 is 21.6 Å². The van der Waals surface area contributed by atoms with Crippen LogP contribution in [0.25, 0.3) is 0 Å². The molecule has 1 heterocycles. The maximum atomic E-state index is 12.0. The van der Waals surface area contributed by atoms with Gasteiger partial charge in [0.15, 0.2) is 0 Å². The van der Waals surface area contributed by atoms with Crippen molar-refractivity contribution in [3.63, 3.8) is 0 Å². The van der Waals surface area contributed by atoms with Crippen molar-refractivity contribution in [2.75, 3.05) is 0 Å². The summed E-state index contributed by atoms with van der Waals surface area (Å²) < 4.78 is 2.35. The van der Waals surface area contributed by atoms with E-state index in [1.165, 1.54) is 10.6 Å². The normalized spacial score (nSPS) is 10.4. The van der Waals surface area contributed by atoms with Crippen molar-refractivity contribution in [3.8, 4) is 0 Å². The van der Waals surface area contributed by atoms with E-state index < -0.39 is 16.2 Å². The molecule has 5 nitrogen and oxygen atoms in total. The fourth-order valence-corrected chi connectivity index (χ4v) is 2.03. The van der Waals surface area contributed by atoms with Crippen LogP contribution in [0.15, 0.2) is 45.7 Å². The van der Waals surface area contributed by atoms with E-state index in [0.29, 0.717) is 12.2 Å². The molecule has 2 aromatic rings. The van der Waals surface area contributed by atoms with Gasteiger partial charge in [0.1, 0.15) is 0 Å². The van der Waals surface area contributed by atoms with Crippen LogP contribution in [0.4, 0.5) is 5.69 Å². The van der Waals surface area contributed by atoms with Crippen LogP contribution in [0.3, 0.4) is 0 Å². The molecular weight excluding hydrogens is 312 g/mol. The summed E-state index contributed by atoms with van der Waals surface area (Å²) in [5, 5.41) is 10.8. The molecule has 19 heavy (non-hydrogen) atoms. The molecular formula is C13H11BrN2O3. The highest BCUT2D eigenvalue weighted by atomic mass is 79.9. The first-order chi connectivity index (χ1) is 8.99. The lowest BCUT2D eigenvalue weighted by Gasteiger charge is -2.09. The van der Waals surface area contributed by atoms with Gasteiger partial charge in [-0.3, -0.25) is 14.9 Å². The summed E-state index contributed by atoms with van der Waals surface area (Å²) in [5.41, 5.74) is 0.628. The average molecular weight is 323 g/mol. The fourth-order valence-electron chi connectivity index (χ4n) is 1.77. The number of hydrogen-bond donors (Lipinski definition) is 0. The zero-order valence-electron chi connectivity index (χ0n) is 10.2. The second kappa shape index (κ2) is 5.36. The number of aromatic nitrogens is 1. The average Bonchev–Trinajstić information content (AvgIpc) is 2.36. The van der Waals surface area contributed by atoms with Gasteiger partial charge in [-0.2, -0.15) is 0 Å². The molecule has 0 aliphatic rings. The first-order valence-corrected chi connectivity index (χ1v) is 6.37. The van der Waals surface area contributed by atoms with Crippen LogP contribution in [0.2, 0.25) is 0 Å². The number of aryl methyl sites for hydroxylation is 1. The van der Waals surface area contributed by atoms with Crippen LogP contribution in [-0.2, 0) is 6.54 Å². The third-order valence-corrected chi connectivity index (χ3v) is 3.35. The first-order valence-electron chi connectivity index (χ1n) is 5.58. The van der Waals surface area contributed by atoms with Crippen molar-refractivity contribution in [3.05, 3.63) is 72.6 Å². The van der Waals surface area contributed by atoms with E-state index in [9.17, 15) is 14.9 Å². The Hall–Kier alpha value is -1.95. The molecule has 1 aromatic heterocycles. The molecule has 0 unspecified atom stereocenters. The molecule has 0 N–H and O–H groups in total. The Morgan fingerprint density at radius 3 is 2.42 bits per heavy atom. The van der Waals surface area contributed by atoms with E-state index in [-0.39, 0.29) is 0 Å². The predicted octanol–water partition coefficient (Wildman–Crippen LogP) is 2.88. The molecule has 0 bridgehead atoms. The monoisotopic (exact) mass is 322 g/mol. The summed E-state index contributed by atoms with van der Waals surface area (Å²) in [4.78, 5) is 22.1. The number of pyridine rings is 1. The lowest BCUT2D eigenvalue weighted by atomic mass is 10.2. The van der Waals surface area contributed by atoms with Crippen molar-refractivity contribution in [2.24, 2.45) is 0 Å². The Kier molecular flexibility index (Phi) is 3.80. The SMILES string of the molecule is Cc1ccc([N+](=O)[O-])c(=O)n1Cc1ccc(Br)cc1. The van der Waals surface area contributed by atoms with E-state index in [2.05, 4.69) is 15.9 Å². The summed E-state index contributed by atoms with van der Waals surface area (Å²) >= 11 is 3.33. The third kappa shape index (κ3) is 2.90. The van der Waals surface area contributed by atoms with Crippen molar-refractivity contribution in [1.29, 1.82) is 0 Å². The molecule has 1 aromatic carbocycles. The Bertz CT molecular complexity index is 677. The lowest BCUT2D eigenvalue weighted by Crippen LogP contribution is -2.24. The standard InChI is InChI=1S/C13H11BrN2O3/c1-9-2-7-12(16(18)19)13(17)15(9)8-10-3-5-11(14)6-4-10/h2-7H,8H2,1H3. The van der Waals surface area contributed by atoms with Crippen molar-refractivity contribution < 1.29 is 4.92 Å². The van der Waals surface area contributed by atoms with Gasteiger partial charge in [-0.05, 0) is 30.7 Å². The van der Waals surface area contributed by atoms with E-state index in [1.807, 2.05) is 24.3 Å². The number of halogens is 1.